The maximum absolute atomic E-state index is 12.3. The first-order valence-corrected chi connectivity index (χ1v) is 7.52. The van der Waals surface area contributed by atoms with Crippen LogP contribution >= 0.6 is 0 Å². The maximum atomic E-state index is 12.3. The number of aryl methyl sites for hydroxylation is 1. The highest BCUT2D eigenvalue weighted by molar-refractivity contribution is 6.09. The van der Waals surface area contributed by atoms with Crippen molar-refractivity contribution in [3.63, 3.8) is 0 Å². The van der Waals surface area contributed by atoms with E-state index in [9.17, 15) is 9.59 Å². The molecule has 1 aromatic carbocycles. The van der Waals surface area contributed by atoms with Crippen LogP contribution in [0.3, 0.4) is 0 Å². The molecule has 1 atom stereocenters. The monoisotopic (exact) mass is 290 g/mol. The van der Waals surface area contributed by atoms with E-state index in [0.717, 1.165) is 12.8 Å². The molecule has 0 aliphatic carbocycles. The van der Waals surface area contributed by atoms with E-state index in [0.29, 0.717) is 5.69 Å². The summed E-state index contributed by atoms with van der Waals surface area (Å²) in [6.45, 7) is 9.28. The molecule has 21 heavy (non-hydrogen) atoms. The minimum absolute atomic E-state index is 0.0633. The number of carbonyl (C=O) groups is 2. The smallest absolute Gasteiger partial charge is 0.239 e. The Bertz CT molecular complexity index is 492. The standard InChI is InChI=1S/C17H26N2O2/c1-6-12(3)18-15(20)17(4,5)16(21)19-14-10-8-13(7-2)9-11-14/h8-12H,6-7H2,1-5H3,(H,18,20)(H,19,21). The Morgan fingerprint density at radius 1 is 1.10 bits per heavy atom. The van der Waals surface area contributed by atoms with Crippen LogP contribution in [0, 0.1) is 5.41 Å². The van der Waals surface area contributed by atoms with Crippen molar-refractivity contribution in [1.29, 1.82) is 0 Å². The van der Waals surface area contributed by atoms with E-state index in [2.05, 4.69) is 17.6 Å². The van der Waals surface area contributed by atoms with Gasteiger partial charge in [-0.05, 0) is 51.3 Å². The molecule has 0 heterocycles. The highest BCUT2D eigenvalue weighted by Gasteiger charge is 2.36. The highest BCUT2D eigenvalue weighted by atomic mass is 16.2. The second kappa shape index (κ2) is 7.25. The molecule has 4 heteroatoms. The summed E-state index contributed by atoms with van der Waals surface area (Å²) >= 11 is 0. The first kappa shape index (κ1) is 17.2. The summed E-state index contributed by atoms with van der Waals surface area (Å²) < 4.78 is 0. The van der Waals surface area contributed by atoms with Crippen LogP contribution in [-0.4, -0.2) is 17.9 Å². The van der Waals surface area contributed by atoms with Crippen LogP contribution in [-0.2, 0) is 16.0 Å². The summed E-state index contributed by atoms with van der Waals surface area (Å²) in [5.74, 6) is -0.549. The molecule has 0 aliphatic heterocycles. The normalized spacial score (nSPS) is 12.6. The third kappa shape index (κ3) is 4.59. The van der Waals surface area contributed by atoms with E-state index in [1.807, 2.05) is 38.1 Å². The fourth-order valence-electron chi connectivity index (χ4n) is 1.72. The van der Waals surface area contributed by atoms with Gasteiger partial charge < -0.3 is 10.6 Å². The molecule has 4 nitrogen and oxygen atoms in total. The van der Waals surface area contributed by atoms with Crippen molar-refractivity contribution in [3.8, 4) is 0 Å². The molecule has 0 bridgehead atoms. The third-order valence-electron chi connectivity index (χ3n) is 3.75. The minimum atomic E-state index is -1.10. The molecule has 1 rings (SSSR count). The van der Waals surface area contributed by atoms with Crippen LogP contribution in [0.15, 0.2) is 24.3 Å². The minimum Gasteiger partial charge on any atom is -0.353 e. The number of rotatable bonds is 6. The predicted molar refractivity (Wildman–Crippen MR) is 86.1 cm³/mol. The van der Waals surface area contributed by atoms with Crippen LogP contribution in [0.25, 0.3) is 0 Å². The molecule has 2 N–H and O–H groups in total. The van der Waals surface area contributed by atoms with E-state index in [4.69, 9.17) is 0 Å². The van der Waals surface area contributed by atoms with Crippen molar-refractivity contribution in [1.82, 2.24) is 5.32 Å². The molecule has 0 fully saturated rings. The number of hydrogen-bond acceptors (Lipinski definition) is 2. The molecular weight excluding hydrogens is 264 g/mol. The van der Waals surface area contributed by atoms with Crippen molar-refractivity contribution in [3.05, 3.63) is 29.8 Å². The van der Waals surface area contributed by atoms with Crippen LogP contribution in [0.1, 0.15) is 46.6 Å². The molecule has 0 radical (unpaired) electrons. The van der Waals surface area contributed by atoms with Crippen LogP contribution in [0.5, 0.6) is 0 Å². The van der Waals surface area contributed by atoms with Gasteiger partial charge in [-0.25, -0.2) is 0 Å². The zero-order valence-electron chi connectivity index (χ0n) is 13.6. The molecule has 0 aliphatic rings. The van der Waals surface area contributed by atoms with E-state index in [-0.39, 0.29) is 17.9 Å². The van der Waals surface area contributed by atoms with Gasteiger partial charge in [0, 0.05) is 11.7 Å². The van der Waals surface area contributed by atoms with Crippen molar-refractivity contribution >= 4 is 17.5 Å². The van der Waals surface area contributed by atoms with Crippen LogP contribution in [0.2, 0.25) is 0 Å². The SMILES string of the molecule is CCc1ccc(NC(=O)C(C)(C)C(=O)NC(C)CC)cc1. The van der Waals surface area contributed by atoms with E-state index < -0.39 is 5.41 Å². The number of carbonyl (C=O) groups excluding carboxylic acids is 2. The topological polar surface area (TPSA) is 58.2 Å². The van der Waals surface area contributed by atoms with Gasteiger partial charge >= 0.3 is 0 Å². The molecule has 0 saturated heterocycles. The Hall–Kier alpha value is -1.84. The Kier molecular flexibility index (Phi) is 5.94. The van der Waals surface area contributed by atoms with Crippen LogP contribution < -0.4 is 10.6 Å². The van der Waals surface area contributed by atoms with Crippen LogP contribution in [0.4, 0.5) is 5.69 Å². The van der Waals surface area contributed by atoms with Gasteiger partial charge in [0.25, 0.3) is 0 Å². The van der Waals surface area contributed by atoms with Gasteiger partial charge in [0.2, 0.25) is 11.8 Å². The zero-order valence-corrected chi connectivity index (χ0v) is 13.6. The Morgan fingerprint density at radius 2 is 1.67 bits per heavy atom. The van der Waals surface area contributed by atoms with Gasteiger partial charge in [0.05, 0.1) is 0 Å². The summed E-state index contributed by atoms with van der Waals surface area (Å²) in [6, 6.07) is 7.73. The number of amides is 2. The van der Waals surface area contributed by atoms with E-state index >= 15 is 0 Å². The second-order valence-corrected chi connectivity index (χ2v) is 5.91. The lowest BCUT2D eigenvalue weighted by atomic mass is 9.90. The Morgan fingerprint density at radius 3 is 2.14 bits per heavy atom. The summed E-state index contributed by atoms with van der Waals surface area (Å²) in [7, 11) is 0. The first-order valence-electron chi connectivity index (χ1n) is 7.52. The molecule has 1 unspecified atom stereocenters. The average Bonchev–Trinajstić information content (AvgIpc) is 2.47. The van der Waals surface area contributed by atoms with Crippen molar-refractivity contribution in [2.75, 3.05) is 5.32 Å². The van der Waals surface area contributed by atoms with E-state index in [1.54, 1.807) is 13.8 Å². The fourth-order valence-corrected chi connectivity index (χ4v) is 1.72. The Labute approximate surface area is 127 Å². The molecule has 2 amide bonds. The maximum Gasteiger partial charge on any atom is 0.239 e. The third-order valence-corrected chi connectivity index (χ3v) is 3.75. The highest BCUT2D eigenvalue weighted by Crippen LogP contribution is 2.20. The lowest BCUT2D eigenvalue weighted by Gasteiger charge is -2.24. The Balaban J connectivity index is 2.73. The summed E-state index contributed by atoms with van der Waals surface area (Å²) in [6.07, 6.45) is 1.79. The lowest BCUT2D eigenvalue weighted by Crippen LogP contribution is -2.47. The summed E-state index contributed by atoms with van der Waals surface area (Å²) in [5, 5.41) is 5.66. The fraction of sp³-hybridized carbons (Fsp3) is 0.529. The molecule has 0 aromatic heterocycles. The van der Waals surface area contributed by atoms with Crippen molar-refractivity contribution in [2.24, 2.45) is 5.41 Å². The van der Waals surface area contributed by atoms with Gasteiger partial charge in [-0.2, -0.15) is 0 Å². The quantitative estimate of drug-likeness (QED) is 0.791. The van der Waals surface area contributed by atoms with Gasteiger partial charge in [-0.1, -0.05) is 26.0 Å². The first-order chi connectivity index (χ1) is 9.81. The molecule has 116 valence electrons. The van der Waals surface area contributed by atoms with Crippen molar-refractivity contribution < 1.29 is 9.59 Å². The largest absolute Gasteiger partial charge is 0.353 e. The van der Waals surface area contributed by atoms with Crippen molar-refractivity contribution in [2.45, 2.75) is 53.5 Å². The summed E-state index contributed by atoms with van der Waals surface area (Å²) in [5.41, 5.74) is 0.815. The zero-order chi connectivity index (χ0) is 16.0. The number of benzene rings is 1. The number of nitrogens with one attached hydrogen (secondary N) is 2. The van der Waals surface area contributed by atoms with Gasteiger partial charge in [-0.15, -0.1) is 0 Å². The predicted octanol–water partition coefficient (Wildman–Crippen LogP) is 3.13. The number of anilines is 1. The lowest BCUT2D eigenvalue weighted by molar-refractivity contribution is -0.138. The van der Waals surface area contributed by atoms with Gasteiger partial charge in [-0.3, -0.25) is 9.59 Å². The van der Waals surface area contributed by atoms with Gasteiger partial charge in [0.15, 0.2) is 0 Å². The molecule has 1 aromatic rings. The molecule has 0 spiro atoms. The second-order valence-electron chi connectivity index (χ2n) is 5.91. The molecule has 0 saturated carbocycles. The molecular formula is C17H26N2O2. The summed E-state index contributed by atoms with van der Waals surface area (Å²) in [4.78, 5) is 24.5. The average molecular weight is 290 g/mol. The van der Waals surface area contributed by atoms with Gasteiger partial charge in [0.1, 0.15) is 5.41 Å². The van der Waals surface area contributed by atoms with E-state index in [1.165, 1.54) is 5.56 Å². The number of hydrogen-bond donors (Lipinski definition) is 2.